The number of para-hydroxylation sites is 1. The van der Waals surface area contributed by atoms with Gasteiger partial charge in [0.15, 0.2) is 11.2 Å². The van der Waals surface area contributed by atoms with Crippen molar-refractivity contribution in [1.82, 2.24) is 10.2 Å². The molecule has 1 aromatic heterocycles. The molecule has 0 spiro atoms. The smallest absolute Gasteiger partial charge is 0.416 e. The van der Waals surface area contributed by atoms with Gasteiger partial charge in [0.2, 0.25) is 0 Å². The number of fused-ring (bicyclic) bond motifs is 1. The lowest BCUT2D eigenvalue weighted by molar-refractivity contribution is -0.143. The maximum Gasteiger partial charge on any atom is 0.416 e. The molecule has 0 saturated carbocycles. The molecule has 2 heterocycles. The topological polar surface area (TPSA) is 79.6 Å². The molecule has 230 valence electrons. The summed E-state index contributed by atoms with van der Waals surface area (Å²) in [6.45, 7) is -0.0820. The molecule has 44 heavy (non-hydrogen) atoms. The Morgan fingerprint density at radius 1 is 0.909 bits per heavy atom. The van der Waals surface area contributed by atoms with Crippen LogP contribution in [0.2, 0.25) is 5.02 Å². The molecule has 2 amide bonds. The maximum atomic E-state index is 13.6. The summed E-state index contributed by atoms with van der Waals surface area (Å²) in [5, 5.41) is 3.52. The summed E-state index contributed by atoms with van der Waals surface area (Å²) >= 11 is 5.98. The van der Waals surface area contributed by atoms with Gasteiger partial charge in [0, 0.05) is 35.3 Å². The highest BCUT2D eigenvalue weighted by molar-refractivity contribution is 6.30. The fraction of sp³-hybridized carbons (Fsp3) is 0.258. The number of likely N-dealkylation sites (tertiary alicyclic amines) is 1. The Hall–Kier alpha value is -4.32. The number of carbonyl (C=O) groups is 2. The highest BCUT2D eigenvalue weighted by atomic mass is 35.5. The van der Waals surface area contributed by atoms with Crippen molar-refractivity contribution in [3.63, 3.8) is 0 Å². The number of rotatable bonds is 5. The van der Waals surface area contributed by atoms with Crippen LogP contribution in [0.5, 0.6) is 0 Å². The molecule has 1 N–H and O–H groups in total. The van der Waals surface area contributed by atoms with E-state index in [0.29, 0.717) is 28.1 Å². The van der Waals surface area contributed by atoms with Crippen LogP contribution in [-0.2, 0) is 18.8 Å². The van der Waals surface area contributed by atoms with Crippen molar-refractivity contribution in [2.45, 2.75) is 43.7 Å². The minimum atomic E-state index is -5.12. The van der Waals surface area contributed by atoms with Crippen LogP contribution >= 0.6 is 11.6 Å². The first-order valence-corrected chi connectivity index (χ1v) is 13.8. The molecule has 5 rings (SSSR count). The van der Waals surface area contributed by atoms with Crippen LogP contribution in [0.15, 0.2) is 82.0 Å². The van der Waals surface area contributed by atoms with Crippen LogP contribution in [0.3, 0.4) is 0 Å². The molecule has 1 saturated heterocycles. The van der Waals surface area contributed by atoms with Gasteiger partial charge in [-0.2, -0.15) is 26.3 Å². The molecule has 3 aromatic carbocycles. The number of nitrogens with one attached hydrogen (secondary N) is 1. The molecule has 2 unspecified atom stereocenters. The minimum absolute atomic E-state index is 0.0328. The molecule has 0 bridgehead atoms. The number of carbonyl (C=O) groups excluding carboxylic acids is 2. The average molecular weight is 637 g/mol. The van der Waals surface area contributed by atoms with Gasteiger partial charge in [-0.1, -0.05) is 35.9 Å². The van der Waals surface area contributed by atoms with Crippen molar-refractivity contribution in [1.29, 1.82) is 0 Å². The molecule has 1 aliphatic heterocycles. The number of nitrogens with zero attached hydrogens (tertiary/aromatic N) is 1. The average Bonchev–Trinajstić information content (AvgIpc) is 2.97. The van der Waals surface area contributed by atoms with E-state index in [1.807, 2.05) is 0 Å². The second-order valence-electron chi connectivity index (χ2n) is 10.4. The van der Waals surface area contributed by atoms with E-state index in [1.165, 1.54) is 11.0 Å². The monoisotopic (exact) mass is 636 g/mol. The van der Waals surface area contributed by atoms with E-state index in [0.717, 1.165) is 6.07 Å². The highest BCUT2D eigenvalue weighted by Crippen LogP contribution is 2.37. The Kier molecular flexibility index (Phi) is 8.48. The molecule has 0 radical (unpaired) electrons. The van der Waals surface area contributed by atoms with Gasteiger partial charge >= 0.3 is 12.4 Å². The Morgan fingerprint density at radius 2 is 1.55 bits per heavy atom. The summed E-state index contributed by atoms with van der Waals surface area (Å²) in [4.78, 5) is 40.3. The molecule has 1 aliphatic rings. The van der Waals surface area contributed by atoms with Crippen molar-refractivity contribution < 1.29 is 40.3 Å². The second kappa shape index (κ2) is 12.0. The summed E-state index contributed by atoms with van der Waals surface area (Å²) in [7, 11) is 0. The summed E-state index contributed by atoms with van der Waals surface area (Å²) < 4.78 is 86.6. The zero-order valence-corrected chi connectivity index (χ0v) is 23.4. The van der Waals surface area contributed by atoms with Gasteiger partial charge in [0.1, 0.15) is 5.58 Å². The Labute approximate surface area is 251 Å². The summed E-state index contributed by atoms with van der Waals surface area (Å²) in [6, 6.07) is 13.5. The summed E-state index contributed by atoms with van der Waals surface area (Å²) in [5.74, 6) is -1.92. The lowest BCUT2D eigenvalue weighted by Gasteiger charge is -2.40. The van der Waals surface area contributed by atoms with Crippen LogP contribution in [0.25, 0.3) is 11.0 Å². The van der Waals surface area contributed by atoms with Gasteiger partial charge in [-0.15, -0.1) is 0 Å². The van der Waals surface area contributed by atoms with E-state index in [1.54, 1.807) is 42.5 Å². The standard InChI is InChI=1S/C31H23ClF6N2O4/c32-21-7-5-17(6-8-21)11-23-15-22(39-28(42)27-16-25(41)24-3-1-2-4-26(24)44-27)9-10-40(23)29(43)18-12-19(30(33,34)35)14-20(13-18)31(36,37)38/h1-8,12-14,16,22-23H,9-11,15H2,(H,39,42). The van der Waals surface area contributed by atoms with Crippen molar-refractivity contribution in [3.05, 3.63) is 116 Å². The summed E-state index contributed by atoms with van der Waals surface area (Å²) in [6.07, 6.45) is -9.81. The molecular formula is C31H23ClF6N2O4. The normalized spacial score (nSPS) is 17.5. The molecular weight excluding hydrogens is 614 g/mol. The van der Waals surface area contributed by atoms with E-state index >= 15 is 0 Å². The van der Waals surface area contributed by atoms with E-state index in [-0.39, 0.29) is 43.2 Å². The number of halogens is 7. The number of piperidine rings is 1. The zero-order valence-electron chi connectivity index (χ0n) is 22.6. The third-order valence-electron chi connectivity index (χ3n) is 7.39. The third kappa shape index (κ3) is 6.91. The number of amides is 2. The minimum Gasteiger partial charge on any atom is -0.451 e. The predicted octanol–water partition coefficient (Wildman–Crippen LogP) is 7.13. The Bertz CT molecular complexity index is 1740. The molecule has 6 nitrogen and oxygen atoms in total. The Morgan fingerprint density at radius 3 is 2.18 bits per heavy atom. The van der Waals surface area contributed by atoms with Gasteiger partial charge in [-0.05, 0) is 67.3 Å². The van der Waals surface area contributed by atoms with Crippen molar-refractivity contribution in [3.8, 4) is 0 Å². The van der Waals surface area contributed by atoms with E-state index < -0.39 is 58.4 Å². The number of hydrogen-bond acceptors (Lipinski definition) is 4. The van der Waals surface area contributed by atoms with Crippen LogP contribution in [-0.4, -0.2) is 35.3 Å². The molecule has 13 heteroatoms. The first-order valence-electron chi connectivity index (χ1n) is 13.4. The van der Waals surface area contributed by atoms with Gasteiger partial charge in [0.05, 0.1) is 16.5 Å². The van der Waals surface area contributed by atoms with Crippen molar-refractivity contribution in [2.24, 2.45) is 0 Å². The largest absolute Gasteiger partial charge is 0.451 e. The molecule has 2 atom stereocenters. The quantitative estimate of drug-likeness (QED) is 0.237. The lowest BCUT2D eigenvalue weighted by Crippen LogP contribution is -2.52. The van der Waals surface area contributed by atoms with Gasteiger partial charge in [-0.25, -0.2) is 0 Å². The van der Waals surface area contributed by atoms with Crippen molar-refractivity contribution in [2.75, 3.05) is 6.54 Å². The molecule has 1 fully saturated rings. The SMILES string of the molecule is O=C(NC1CCN(C(=O)c2cc(C(F)(F)F)cc(C(F)(F)F)c2)C(Cc2ccc(Cl)cc2)C1)c1cc(=O)c2ccccc2o1. The van der Waals surface area contributed by atoms with E-state index in [4.69, 9.17) is 16.0 Å². The van der Waals surface area contributed by atoms with Gasteiger partial charge in [0.25, 0.3) is 11.8 Å². The number of alkyl halides is 6. The van der Waals surface area contributed by atoms with Crippen molar-refractivity contribution >= 4 is 34.4 Å². The third-order valence-corrected chi connectivity index (χ3v) is 7.64. The predicted molar refractivity (Wildman–Crippen MR) is 149 cm³/mol. The van der Waals surface area contributed by atoms with Gasteiger partial charge < -0.3 is 14.6 Å². The summed E-state index contributed by atoms with van der Waals surface area (Å²) in [5.41, 5.74) is -3.45. The van der Waals surface area contributed by atoms with Gasteiger partial charge in [-0.3, -0.25) is 14.4 Å². The first-order chi connectivity index (χ1) is 20.7. The van der Waals surface area contributed by atoms with Crippen LogP contribution in [0, 0.1) is 0 Å². The second-order valence-corrected chi connectivity index (χ2v) is 10.9. The van der Waals surface area contributed by atoms with Crippen LogP contribution in [0.1, 0.15) is 50.4 Å². The fourth-order valence-electron chi connectivity index (χ4n) is 5.25. The maximum absolute atomic E-state index is 13.6. The fourth-order valence-corrected chi connectivity index (χ4v) is 5.38. The number of hydrogen-bond donors (Lipinski definition) is 1. The Balaban J connectivity index is 1.43. The molecule has 4 aromatic rings. The lowest BCUT2D eigenvalue weighted by atomic mass is 9.91. The van der Waals surface area contributed by atoms with Crippen LogP contribution in [0.4, 0.5) is 26.3 Å². The van der Waals surface area contributed by atoms with Crippen LogP contribution < -0.4 is 10.7 Å². The van der Waals surface area contributed by atoms with E-state index in [9.17, 15) is 40.7 Å². The molecule has 0 aliphatic carbocycles. The number of benzene rings is 3. The highest BCUT2D eigenvalue weighted by Gasteiger charge is 2.39. The van der Waals surface area contributed by atoms with E-state index in [2.05, 4.69) is 5.32 Å². The first kappa shape index (κ1) is 31.1. The zero-order chi connectivity index (χ0) is 31.8.